The van der Waals surface area contributed by atoms with Gasteiger partial charge in [0.25, 0.3) is 0 Å². The van der Waals surface area contributed by atoms with Crippen LogP contribution in [-0.4, -0.2) is 19.0 Å². The second kappa shape index (κ2) is 13.8. The van der Waals surface area contributed by atoms with E-state index >= 15 is 0 Å². The summed E-state index contributed by atoms with van der Waals surface area (Å²) in [6, 6.07) is 7.71. The Morgan fingerprint density at radius 2 is 1.79 bits per heavy atom. The van der Waals surface area contributed by atoms with Crippen molar-refractivity contribution in [3.8, 4) is 0 Å². The van der Waals surface area contributed by atoms with Crippen LogP contribution in [0.3, 0.4) is 0 Å². The highest BCUT2D eigenvalue weighted by atomic mass is 79.9. The lowest BCUT2D eigenvalue weighted by Crippen LogP contribution is -2.04. The van der Waals surface area contributed by atoms with Crippen molar-refractivity contribution in [1.29, 1.82) is 0 Å². The molecule has 2 nitrogen and oxygen atoms in total. The minimum absolute atomic E-state index is 0.229. The quantitative estimate of drug-likeness (QED) is 0.130. The van der Waals surface area contributed by atoms with E-state index in [4.69, 9.17) is 0 Å². The molecule has 0 fully saturated rings. The molecule has 1 aromatic rings. The highest BCUT2D eigenvalue weighted by molar-refractivity contribution is 9.12. The van der Waals surface area contributed by atoms with Crippen LogP contribution in [0.4, 0.5) is 4.39 Å². The number of benzene rings is 1. The molecule has 152 valence electrons. The van der Waals surface area contributed by atoms with Gasteiger partial charge in [-0.1, -0.05) is 53.6 Å². The average Bonchev–Trinajstić information content (AvgIpc) is 2.69. The topological polar surface area (TPSA) is 24.7 Å². The highest BCUT2D eigenvalue weighted by Gasteiger charge is 2.19. The Bertz CT molecular complexity index is 759. The molecule has 0 radical (unpaired) electrons. The number of allylic oxidation sites excluding steroid dienone is 5. The molecular formula is C23H29Br2FN2. The van der Waals surface area contributed by atoms with Gasteiger partial charge in [-0.3, -0.25) is 4.99 Å². The predicted molar refractivity (Wildman–Crippen MR) is 129 cm³/mol. The molecule has 0 bridgehead atoms. The summed E-state index contributed by atoms with van der Waals surface area (Å²) >= 11 is 6.86. The van der Waals surface area contributed by atoms with Gasteiger partial charge in [0, 0.05) is 33.5 Å². The predicted octanol–water partition coefficient (Wildman–Crippen LogP) is 8.30. The van der Waals surface area contributed by atoms with Crippen LogP contribution in [0.1, 0.15) is 52.5 Å². The molecule has 5 heteroatoms. The molecule has 0 heterocycles. The lowest BCUT2D eigenvalue weighted by Gasteiger charge is -2.19. The molecule has 0 aliphatic rings. The Morgan fingerprint density at radius 3 is 2.36 bits per heavy atom. The average molecular weight is 512 g/mol. The molecule has 0 saturated heterocycles. The van der Waals surface area contributed by atoms with Gasteiger partial charge in [-0.05, 0) is 78.7 Å². The number of rotatable bonds is 10. The lowest BCUT2D eigenvalue weighted by molar-refractivity contribution is 0.567. The van der Waals surface area contributed by atoms with E-state index in [1.54, 1.807) is 6.92 Å². The fourth-order valence-corrected chi connectivity index (χ4v) is 3.32. The van der Waals surface area contributed by atoms with Crippen LogP contribution in [0, 0.1) is 5.92 Å². The first-order chi connectivity index (χ1) is 13.4. The second-order valence-corrected chi connectivity index (χ2v) is 8.24. The Morgan fingerprint density at radius 1 is 1.11 bits per heavy atom. The van der Waals surface area contributed by atoms with E-state index in [2.05, 4.69) is 48.8 Å². The van der Waals surface area contributed by atoms with E-state index in [0.717, 1.165) is 45.9 Å². The zero-order valence-corrected chi connectivity index (χ0v) is 20.2. The van der Waals surface area contributed by atoms with Crippen LogP contribution in [0.25, 0.3) is 5.57 Å². The van der Waals surface area contributed by atoms with Crippen LogP contribution in [-0.2, 0) is 0 Å². The summed E-state index contributed by atoms with van der Waals surface area (Å²) in [6.45, 7) is 8.60. The Hall–Kier alpha value is -1.33. The summed E-state index contributed by atoms with van der Waals surface area (Å²) in [6.07, 6.45) is 10.3. The van der Waals surface area contributed by atoms with Crippen molar-refractivity contribution in [2.75, 3.05) is 6.54 Å². The van der Waals surface area contributed by atoms with Crippen LogP contribution in [0.5, 0.6) is 0 Å². The number of hydrogen-bond acceptors (Lipinski definition) is 2. The molecular weight excluding hydrogens is 483 g/mol. The van der Waals surface area contributed by atoms with Crippen molar-refractivity contribution in [2.24, 2.45) is 15.9 Å². The van der Waals surface area contributed by atoms with Crippen LogP contribution < -0.4 is 0 Å². The third kappa shape index (κ3) is 8.36. The van der Waals surface area contributed by atoms with Crippen molar-refractivity contribution in [3.63, 3.8) is 0 Å². The monoisotopic (exact) mass is 510 g/mol. The van der Waals surface area contributed by atoms with Gasteiger partial charge in [0.1, 0.15) is 0 Å². The molecule has 1 unspecified atom stereocenters. The molecule has 1 atom stereocenters. The molecule has 0 amide bonds. The first-order valence-electron chi connectivity index (χ1n) is 9.57. The highest BCUT2D eigenvalue weighted by Crippen LogP contribution is 2.35. The summed E-state index contributed by atoms with van der Waals surface area (Å²) in [4.78, 5) is 8.33. The number of aliphatic imine (C=N–C) groups is 2. The van der Waals surface area contributed by atoms with Crippen molar-refractivity contribution in [2.45, 2.75) is 47.0 Å². The van der Waals surface area contributed by atoms with Gasteiger partial charge < -0.3 is 0 Å². The van der Waals surface area contributed by atoms with E-state index < -0.39 is 5.95 Å². The lowest BCUT2D eigenvalue weighted by atomic mass is 9.86. The smallest absolute Gasteiger partial charge is 0.220 e. The number of nitrogens with zero attached hydrogens (tertiary/aromatic N) is 2. The van der Waals surface area contributed by atoms with Crippen LogP contribution >= 0.6 is 31.9 Å². The molecule has 28 heavy (non-hydrogen) atoms. The zero-order valence-electron chi connectivity index (χ0n) is 17.1. The molecule has 0 aliphatic heterocycles. The van der Waals surface area contributed by atoms with E-state index in [-0.39, 0.29) is 5.92 Å². The Labute approximate surface area is 185 Å². The van der Waals surface area contributed by atoms with Crippen LogP contribution in [0.15, 0.2) is 66.9 Å². The van der Waals surface area contributed by atoms with E-state index in [1.165, 1.54) is 6.21 Å². The Kier molecular flexibility index (Phi) is 12.2. The fraction of sp³-hybridized carbons (Fsp3) is 0.391. The van der Waals surface area contributed by atoms with Crippen molar-refractivity contribution in [1.82, 2.24) is 0 Å². The summed E-state index contributed by atoms with van der Waals surface area (Å²) in [5.41, 5.74) is 2.41. The van der Waals surface area contributed by atoms with Gasteiger partial charge in [-0.15, -0.1) is 0 Å². The largest absolute Gasteiger partial charge is 0.292 e. The minimum atomic E-state index is -0.439. The van der Waals surface area contributed by atoms with Crippen molar-refractivity contribution in [3.05, 3.63) is 62.5 Å². The third-order valence-corrected chi connectivity index (χ3v) is 5.57. The molecule has 0 spiro atoms. The zero-order chi connectivity index (χ0) is 20.9. The minimum Gasteiger partial charge on any atom is -0.292 e. The maximum absolute atomic E-state index is 14.8. The van der Waals surface area contributed by atoms with Gasteiger partial charge in [-0.25, -0.2) is 4.99 Å². The normalized spacial score (nSPS) is 15.4. The maximum atomic E-state index is 14.8. The van der Waals surface area contributed by atoms with E-state index in [1.807, 2.05) is 56.5 Å². The summed E-state index contributed by atoms with van der Waals surface area (Å²) in [5, 5.41) is 0. The second-order valence-electron chi connectivity index (χ2n) is 6.41. The van der Waals surface area contributed by atoms with Gasteiger partial charge >= 0.3 is 0 Å². The first-order valence-corrected chi connectivity index (χ1v) is 11.2. The summed E-state index contributed by atoms with van der Waals surface area (Å²) in [5.74, 6) is -0.210. The number of unbranched alkanes of at least 4 members (excludes halogenated alkanes) is 1. The van der Waals surface area contributed by atoms with Gasteiger partial charge in [0.05, 0.1) is 0 Å². The third-order valence-electron chi connectivity index (χ3n) is 4.38. The van der Waals surface area contributed by atoms with Crippen LogP contribution in [0.2, 0.25) is 0 Å². The maximum Gasteiger partial charge on any atom is 0.220 e. The number of halogens is 3. The standard InChI is InChI=1S/C23H29Br2FN2/c1-5-19(24)16-27-15-9-8-10-17(4)21(6-2)22(23(26)28-7-3)18-11-13-20(25)14-12-18/h5-7,11-14,16-17H,8-10,15H2,1-4H3/b19-5+,21-6-,23-22-,27-16-,28-7-. The summed E-state index contributed by atoms with van der Waals surface area (Å²) < 4.78 is 16.8. The van der Waals surface area contributed by atoms with Gasteiger partial charge in [0.2, 0.25) is 5.95 Å². The van der Waals surface area contributed by atoms with Gasteiger partial charge in [-0.2, -0.15) is 4.39 Å². The fourth-order valence-electron chi connectivity index (χ4n) is 2.91. The molecule has 1 aromatic carbocycles. The van der Waals surface area contributed by atoms with Crippen molar-refractivity contribution < 1.29 is 4.39 Å². The van der Waals surface area contributed by atoms with Crippen molar-refractivity contribution >= 4 is 49.9 Å². The summed E-state index contributed by atoms with van der Waals surface area (Å²) in [7, 11) is 0. The SMILES string of the molecule is C\C=N/C(F)=C(\C(=C/C)C(C)CCCC/N=C\C(Br)=C/C)c1ccc(Br)cc1. The Balaban J connectivity index is 2.89. The molecule has 0 aromatic heterocycles. The molecule has 1 rings (SSSR count). The molecule has 0 N–H and O–H groups in total. The molecule has 0 saturated carbocycles. The molecule has 0 aliphatic carbocycles. The van der Waals surface area contributed by atoms with E-state index in [9.17, 15) is 4.39 Å². The number of hydrogen-bond donors (Lipinski definition) is 0. The van der Waals surface area contributed by atoms with E-state index in [0.29, 0.717) is 5.57 Å². The van der Waals surface area contributed by atoms with Gasteiger partial charge in [0.15, 0.2) is 0 Å². The first kappa shape index (κ1) is 24.7.